The molecule has 11 heteroatoms. The van der Waals surface area contributed by atoms with Crippen molar-refractivity contribution in [2.45, 2.75) is 65.0 Å². The maximum Gasteiger partial charge on any atom is 0.328 e. The Balaban J connectivity index is 0.000000195. The number of hydrogen-bond acceptors (Lipinski definition) is 8. The monoisotopic (exact) mass is 624 g/mol. The summed E-state index contributed by atoms with van der Waals surface area (Å²) in [6.45, 7) is 7.27. The number of benzene rings is 1. The first kappa shape index (κ1) is 32.4. The van der Waals surface area contributed by atoms with Crippen LogP contribution in [0.2, 0.25) is 0 Å². The number of anilines is 1. The van der Waals surface area contributed by atoms with Crippen molar-refractivity contribution in [3.05, 3.63) is 101 Å². The zero-order chi connectivity index (χ0) is 33.2. The van der Waals surface area contributed by atoms with E-state index >= 15 is 0 Å². The Morgan fingerprint density at radius 1 is 1.17 bits per heavy atom. The lowest BCUT2D eigenvalue weighted by atomic mass is 9.64. The summed E-state index contributed by atoms with van der Waals surface area (Å²) in [6, 6.07) is 10.4. The Morgan fingerprint density at radius 2 is 1.91 bits per heavy atom. The highest BCUT2D eigenvalue weighted by molar-refractivity contribution is 5.93. The first-order valence-corrected chi connectivity index (χ1v) is 15.0. The van der Waals surface area contributed by atoms with Crippen LogP contribution in [0.4, 0.5) is 10.2 Å². The number of aromatic nitrogens is 5. The van der Waals surface area contributed by atoms with Crippen LogP contribution in [0.5, 0.6) is 0 Å². The van der Waals surface area contributed by atoms with Crippen LogP contribution in [-0.2, 0) is 16.1 Å². The molecule has 10 nitrogen and oxygen atoms in total. The molecule has 4 aromatic rings. The Bertz CT molecular complexity index is 1910. The number of aliphatic hydroxyl groups is 1. The molecule has 0 spiro atoms. The largest absolute Gasteiger partial charge is 0.478 e. The van der Waals surface area contributed by atoms with E-state index in [0.717, 1.165) is 29.9 Å². The van der Waals surface area contributed by atoms with Gasteiger partial charge in [0.15, 0.2) is 17.3 Å². The molecule has 0 amide bonds. The lowest BCUT2D eigenvalue weighted by molar-refractivity contribution is -0.131. The smallest absolute Gasteiger partial charge is 0.328 e. The first-order valence-electron chi connectivity index (χ1n) is 15.0. The second kappa shape index (κ2) is 12.8. The van der Waals surface area contributed by atoms with E-state index in [0.29, 0.717) is 45.6 Å². The van der Waals surface area contributed by atoms with E-state index in [1.165, 1.54) is 12.1 Å². The molecule has 3 aromatic heterocycles. The van der Waals surface area contributed by atoms with Crippen molar-refractivity contribution < 1.29 is 24.2 Å². The van der Waals surface area contributed by atoms with Crippen LogP contribution in [0.15, 0.2) is 84.2 Å². The molecule has 1 fully saturated rings. The van der Waals surface area contributed by atoms with Gasteiger partial charge in [-0.3, -0.25) is 4.79 Å². The molecule has 0 aliphatic heterocycles. The summed E-state index contributed by atoms with van der Waals surface area (Å²) in [4.78, 5) is 35.5. The second-order valence-electron chi connectivity index (χ2n) is 12.5. The van der Waals surface area contributed by atoms with Gasteiger partial charge in [0.1, 0.15) is 22.9 Å². The van der Waals surface area contributed by atoms with Gasteiger partial charge in [-0.15, -0.1) is 0 Å². The fourth-order valence-electron chi connectivity index (χ4n) is 5.66. The summed E-state index contributed by atoms with van der Waals surface area (Å²) in [5.41, 5.74) is 8.19. The van der Waals surface area contributed by atoms with Gasteiger partial charge in [0.05, 0.1) is 11.9 Å². The van der Waals surface area contributed by atoms with Crippen molar-refractivity contribution in [2.24, 2.45) is 5.41 Å². The molecule has 2 aliphatic rings. The average Bonchev–Trinajstić information content (AvgIpc) is 3.77. The van der Waals surface area contributed by atoms with Crippen LogP contribution in [0.25, 0.3) is 22.6 Å². The molecule has 238 valence electrons. The van der Waals surface area contributed by atoms with Gasteiger partial charge in [0.25, 0.3) is 0 Å². The molecule has 6 rings (SSSR count). The summed E-state index contributed by atoms with van der Waals surface area (Å²) in [6.07, 6.45) is 11.7. The van der Waals surface area contributed by atoms with Crippen LogP contribution in [0, 0.1) is 11.2 Å². The minimum absolute atomic E-state index is 0.00150. The van der Waals surface area contributed by atoms with Gasteiger partial charge >= 0.3 is 5.97 Å². The number of carboxylic acids is 1. The third kappa shape index (κ3) is 6.79. The molecule has 0 saturated heterocycles. The molecule has 46 heavy (non-hydrogen) atoms. The fourth-order valence-corrected chi connectivity index (χ4v) is 5.66. The molecule has 2 aliphatic carbocycles. The predicted molar refractivity (Wildman–Crippen MR) is 173 cm³/mol. The van der Waals surface area contributed by atoms with Crippen LogP contribution in [0.3, 0.4) is 0 Å². The normalized spacial score (nSPS) is 19.6. The van der Waals surface area contributed by atoms with E-state index in [2.05, 4.69) is 20.1 Å². The minimum Gasteiger partial charge on any atom is -0.478 e. The van der Waals surface area contributed by atoms with E-state index in [1.807, 2.05) is 26.0 Å². The predicted octanol–water partition coefficient (Wildman–Crippen LogP) is 5.79. The zero-order valence-corrected chi connectivity index (χ0v) is 26.2. The molecular formula is C35H37FN6O4. The molecule has 4 N–H and O–H groups in total. The quantitative estimate of drug-likeness (QED) is 0.171. The number of nitrogen functional groups attached to an aromatic ring is 1. The summed E-state index contributed by atoms with van der Waals surface area (Å²) in [5, 5.41) is 24.9. The summed E-state index contributed by atoms with van der Waals surface area (Å²) in [5.74, 6) is 0.146. The lowest BCUT2D eigenvalue weighted by Gasteiger charge is -2.43. The van der Waals surface area contributed by atoms with Crippen LogP contribution < -0.4 is 5.73 Å². The van der Waals surface area contributed by atoms with Gasteiger partial charge in [-0.2, -0.15) is 5.10 Å². The Morgan fingerprint density at radius 3 is 2.57 bits per heavy atom. The molecule has 0 unspecified atom stereocenters. The molecular weight excluding hydrogens is 587 g/mol. The van der Waals surface area contributed by atoms with Crippen molar-refractivity contribution in [3.63, 3.8) is 0 Å². The number of carbonyl (C=O) groups excluding carboxylic acids is 1. The number of carboxylic acid groups (broad SMARTS) is 1. The number of rotatable bonds is 7. The Labute approximate surface area is 266 Å². The van der Waals surface area contributed by atoms with Crippen molar-refractivity contribution in [2.75, 3.05) is 5.73 Å². The highest BCUT2D eigenvalue weighted by atomic mass is 19.1. The van der Waals surface area contributed by atoms with E-state index in [-0.39, 0.29) is 24.6 Å². The van der Waals surface area contributed by atoms with E-state index in [4.69, 9.17) is 10.8 Å². The standard InChI is InChI=1S/C20H17FN6.C15H20O4/c21-16-6-2-1-4-13(16)11-27-20-14(5-3-9-23-20)17(26-27)19-24-10-15(12-7-8-12)18(22)25-19;1-10(7-13(17)18)5-6-15(19)11(2)8-12(16)9-14(15,3)4/h1-6,9-10,12H,7-8,11H2,(H2,22,24,25);5-8,19H,9H2,1-4H3,(H,17,18)/b;6-5+,10-7-/t;15-/m.1/s1. The molecule has 0 radical (unpaired) electrons. The SMILES string of the molecule is CC1=CC(=O)CC(C)(C)[C@@]1(O)/C=C/C(C)=C\C(=O)O.Nc1nc(-c2nn(Cc3ccccc3F)c3ncccc23)ncc1C1CC1. The average molecular weight is 625 g/mol. The maximum absolute atomic E-state index is 14.1. The number of nitrogens with two attached hydrogens (primary N) is 1. The highest BCUT2D eigenvalue weighted by Gasteiger charge is 2.46. The zero-order valence-electron chi connectivity index (χ0n) is 26.2. The number of nitrogens with zero attached hydrogens (tertiary/aromatic N) is 5. The van der Waals surface area contributed by atoms with Crippen molar-refractivity contribution in [1.29, 1.82) is 0 Å². The third-order valence-electron chi connectivity index (χ3n) is 8.43. The van der Waals surface area contributed by atoms with Gasteiger partial charge in [0, 0.05) is 41.4 Å². The van der Waals surface area contributed by atoms with Crippen LogP contribution in [0.1, 0.15) is 64.0 Å². The van der Waals surface area contributed by atoms with Crippen molar-refractivity contribution >= 4 is 28.6 Å². The molecule has 3 heterocycles. The summed E-state index contributed by atoms with van der Waals surface area (Å²) < 4.78 is 15.8. The molecule has 1 aromatic carbocycles. The van der Waals surface area contributed by atoms with Gasteiger partial charge < -0.3 is 15.9 Å². The number of halogens is 1. The molecule has 1 atom stereocenters. The number of aliphatic carboxylic acids is 1. The summed E-state index contributed by atoms with van der Waals surface area (Å²) >= 11 is 0. The number of allylic oxidation sites excluding steroid dienone is 3. The number of carbonyl (C=O) groups is 2. The van der Waals surface area contributed by atoms with E-state index < -0.39 is 17.0 Å². The maximum atomic E-state index is 14.1. The van der Waals surface area contributed by atoms with Gasteiger partial charge in [-0.05, 0) is 74.1 Å². The van der Waals surface area contributed by atoms with E-state index in [1.54, 1.807) is 61.3 Å². The fraction of sp³-hybridized carbons (Fsp3) is 0.314. The van der Waals surface area contributed by atoms with E-state index in [9.17, 15) is 19.1 Å². The number of fused-ring (bicyclic) bond motifs is 1. The number of hydrogen-bond donors (Lipinski definition) is 3. The van der Waals surface area contributed by atoms with Gasteiger partial charge in [-0.25, -0.2) is 28.8 Å². The van der Waals surface area contributed by atoms with Crippen LogP contribution >= 0.6 is 0 Å². The topological polar surface area (TPSA) is 157 Å². The molecule has 0 bridgehead atoms. The van der Waals surface area contributed by atoms with Crippen LogP contribution in [-0.4, -0.2) is 52.3 Å². The third-order valence-corrected chi connectivity index (χ3v) is 8.43. The lowest BCUT2D eigenvalue weighted by Crippen LogP contribution is -2.48. The molecule has 1 saturated carbocycles. The highest BCUT2D eigenvalue weighted by Crippen LogP contribution is 2.44. The number of pyridine rings is 1. The van der Waals surface area contributed by atoms with Crippen molar-refractivity contribution in [3.8, 4) is 11.5 Å². The first-order chi connectivity index (χ1) is 21.8. The minimum atomic E-state index is -1.24. The van der Waals surface area contributed by atoms with Crippen molar-refractivity contribution in [1.82, 2.24) is 24.7 Å². The van der Waals surface area contributed by atoms with Gasteiger partial charge in [0.2, 0.25) is 0 Å². The number of ketones is 1. The second-order valence-corrected chi connectivity index (χ2v) is 12.5. The Kier molecular flexibility index (Phi) is 8.98. The summed E-state index contributed by atoms with van der Waals surface area (Å²) in [7, 11) is 0. The Hall–Kier alpha value is -5.03. The van der Waals surface area contributed by atoms with Gasteiger partial charge in [-0.1, -0.05) is 38.1 Å².